The Morgan fingerprint density at radius 2 is 1.88 bits per heavy atom. The summed E-state index contributed by atoms with van der Waals surface area (Å²) in [6, 6.07) is 4.64. The molecule has 0 aliphatic heterocycles. The summed E-state index contributed by atoms with van der Waals surface area (Å²) in [5, 5.41) is 8.68. The van der Waals surface area contributed by atoms with E-state index >= 15 is 0 Å². The Balaban J connectivity index is 1.91. The Hall–Kier alpha value is -3.28. The summed E-state index contributed by atoms with van der Waals surface area (Å²) in [6.45, 7) is -0.810. The molecule has 0 atom stereocenters. The molecule has 0 radical (unpaired) electrons. The third kappa shape index (κ3) is 5.31. The molecule has 1 aromatic carbocycles. The Bertz CT molecular complexity index is 1090. The van der Waals surface area contributed by atoms with Crippen LogP contribution in [0.25, 0.3) is 11.3 Å². The van der Waals surface area contributed by atoms with Crippen LogP contribution in [0.2, 0.25) is 0 Å². The predicted octanol–water partition coefficient (Wildman–Crippen LogP) is 5.11. The quantitative estimate of drug-likeness (QED) is 0.457. The second-order valence-corrected chi connectivity index (χ2v) is 7.27. The molecule has 3 aromatic rings. The molecule has 0 amide bonds. The molecule has 6 nitrogen and oxygen atoms in total. The zero-order chi connectivity index (χ0) is 23.5. The van der Waals surface area contributed by atoms with Crippen LogP contribution >= 0.6 is 11.5 Å². The fourth-order valence-corrected chi connectivity index (χ4v) is 3.59. The van der Waals surface area contributed by atoms with E-state index in [-0.39, 0.29) is 47.1 Å². The van der Waals surface area contributed by atoms with E-state index in [1.165, 1.54) is 25.4 Å². The summed E-state index contributed by atoms with van der Waals surface area (Å²) in [4.78, 5) is 13.5. The van der Waals surface area contributed by atoms with Crippen molar-refractivity contribution in [2.24, 2.45) is 0 Å². The van der Waals surface area contributed by atoms with Gasteiger partial charge in [-0.25, -0.2) is 13.8 Å². The van der Waals surface area contributed by atoms with Gasteiger partial charge < -0.3 is 14.6 Å². The van der Waals surface area contributed by atoms with Crippen LogP contribution in [0.15, 0.2) is 30.5 Å². The van der Waals surface area contributed by atoms with Crippen LogP contribution in [-0.4, -0.2) is 27.5 Å². The average Bonchev–Trinajstić information content (AvgIpc) is 3.16. The standard InChI is InChI=1S/C20H15F5N2O4S/c1-30-15-4-3-11(8-26-15)17-12(19(32-27-17)20(23,24)25)9-31-18-13(21)6-10(7-14(18)22)2-5-16(28)29/h3-4,6-8H,2,5,9H2,1H3,(H,28,29). The van der Waals surface area contributed by atoms with Gasteiger partial charge in [0.25, 0.3) is 0 Å². The van der Waals surface area contributed by atoms with Gasteiger partial charge >= 0.3 is 12.1 Å². The highest BCUT2D eigenvalue weighted by Gasteiger charge is 2.38. The molecule has 0 fully saturated rings. The maximum Gasteiger partial charge on any atom is 0.427 e. The van der Waals surface area contributed by atoms with Gasteiger partial charge in [-0.2, -0.15) is 17.5 Å². The zero-order valence-electron chi connectivity index (χ0n) is 16.4. The molecule has 170 valence electrons. The molecule has 0 aliphatic carbocycles. The second kappa shape index (κ2) is 9.47. The van der Waals surface area contributed by atoms with Crippen LogP contribution in [-0.2, 0) is 24.0 Å². The number of pyridine rings is 1. The summed E-state index contributed by atoms with van der Waals surface area (Å²) in [6.07, 6.45) is -3.96. The van der Waals surface area contributed by atoms with E-state index in [1.807, 2.05) is 0 Å². The van der Waals surface area contributed by atoms with E-state index in [4.69, 9.17) is 14.6 Å². The van der Waals surface area contributed by atoms with Crippen LogP contribution < -0.4 is 9.47 Å². The summed E-state index contributed by atoms with van der Waals surface area (Å²) in [5.41, 5.74) is -0.173. The van der Waals surface area contributed by atoms with Crippen molar-refractivity contribution in [2.45, 2.75) is 25.6 Å². The molecule has 0 unspecified atom stereocenters. The Morgan fingerprint density at radius 1 is 1.19 bits per heavy atom. The van der Waals surface area contributed by atoms with Crippen molar-refractivity contribution in [1.29, 1.82) is 0 Å². The zero-order valence-corrected chi connectivity index (χ0v) is 17.2. The average molecular weight is 474 g/mol. The number of methoxy groups -OCH3 is 1. The van der Waals surface area contributed by atoms with E-state index in [2.05, 4.69) is 9.36 Å². The maximum absolute atomic E-state index is 14.3. The van der Waals surface area contributed by atoms with Gasteiger partial charge in [0.1, 0.15) is 11.5 Å². The first-order chi connectivity index (χ1) is 15.1. The molecule has 3 rings (SSSR count). The first-order valence-corrected chi connectivity index (χ1v) is 9.76. The monoisotopic (exact) mass is 474 g/mol. The molecule has 12 heteroatoms. The van der Waals surface area contributed by atoms with Crippen LogP contribution in [0, 0.1) is 11.6 Å². The summed E-state index contributed by atoms with van der Waals surface area (Å²) in [7, 11) is 1.38. The summed E-state index contributed by atoms with van der Waals surface area (Å²) >= 11 is 0.186. The Labute approximate surface area is 182 Å². The predicted molar refractivity (Wildman–Crippen MR) is 104 cm³/mol. The van der Waals surface area contributed by atoms with E-state index in [1.54, 1.807) is 0 Å². The lowest BCUT2D eigenvalue weighted by atomic mass is 10.1. The normalized spacial score (nSPS) is 11.4. The number of hydrogen-bond acceptors (Lipinski definition) is 6. The lowest BCUT2D eigenvalue weighted by Crippen LogP contribution is -2.09. The van der Waals surface area contributed by atoms with E-state index in [9.17, 15) is 26.7 Å². The summed E-state index contributed by atoms with van der Waals surface area (Å²) < 4.78 is 82.9. The highest BCUT2D eigenvalue weighted by molar-refractivity contribution is 7.06. The van der Waals surface area contributed by atoms with E-state index in [0.717, 1.165) is 12.1 Å². The van der Waals surface area contributed by atoms with Crippen molar-refractivity contribution in [3.63, 3.8) is 0 Å². The number of aromatic nitrogens is 2. The second-order valence-electron chi connectivity index (χ2n) is 6.50. The van der Waals surface area contributed by atoms with Gasteiger partial charge in [-0.15, -0.1) is 0 Å². The van der Waals surface area contributed by atoms with Crippen molar-refractivity contribution < 1.29 is 41.3 Å². The largest absolute Gasteiger partial charge is 0.483 e. The molecule has 2 heterocycles. The molecule has 0 saturated heterocycles. The number of carboxylic acid groups (broad SMARTS) is 1. The van der Waals surface area contributed by atoms with Gasteiger partial charge in [0.05, 0.1) is 12.8 Å². The Morgan fingerprint density at radius 3 is 2.41 bits per heavy atom. The van der Waals surface area contributed by atoms with Crippen LogP contribution in [0.1, 0.15) is 22.4 Å². The number of rotatable bonds is 8. The van der Waals surface area contributed by atoms with Crippen molar-refractivity contribution in [3.05, 3.63) is 58.1 Å². The first-order valence-electron chi connectivity index (χ1n) is 8.98. The van der Waals surface area contributed by atoms with E-state index < -0.39 is 46.6 Å². The number of halogens is 5. The number of alkyl halides is 3. The van der Waals surface area contributed by atoms with Crippen LogP contribution in [0.4, 0.5) is 22.0 Å². The number of aliphatic carboxylic acids is 1. The van der Waals surface area contributed by atoms with Gasteiger partial charge in [-0.3, -0.25) is 4.79 Å². The first kappa shape index (κ1) is 23.4. The molecule has 0 spiro atoms. The number of carboxylic acids is 1. The molecule has 2 aromatic heterocycles. The lowest BCUT2D eigenvalue weighted by Gasteiger charge is -2.13. The van der Waals surface area contributed by atoms with Gasteiger partial charge in [-0.1, -0.05) is 0 Å². The molecule has 0 saturated carbocycles. The van der Waals surface area contributed by atoms with Crippen molar-refractivity contribution in [2.75, 3.05) is 7.11 Å². The van der Waals surface area contributed by atoms with Gasteiger partial charge in [0.15, 0.2) is 17.4 Å². The molecule has 0 aliphatic rings. The number of aryl methyl sites for hydroxylation is 1. The Kier molecular flexibility index (Phi) is 6.92. The SMILES string of the molecule is COc1ccc(-c2nsc(C(F)(F)F)c2COc2c(F)cc(CCC(=O)O)cc2F)cn1. The van der Waals surface area contributed by atoms with Gasteiger partial charge in [-0.05, 0) is 41.7 Å². The molecule has 32 heavy (non-hydrogen) atoms. The number of nitrogens with zero attached hydrogens (tertiary/aromatic N) is 2. The van der Waals surface area contributed by atoms with Crippen molar-refractivity contribution in [1.82, 2.24) is 9.36 Å². The number of ether oxygens (including phenoxy) is 2. The fourth-order valence-electron chi connectivity index (χ4n) is 2.82. The minimum Gasteiger partial charge on any atom is -0.483 e. The van der Waals surface area contributed by atoms with Crippen molar-refractivity contribution in [3.8, 4) is 22.9 Å². The fraction of sp³-hybridized carbons (Fsp3) is 0.250. The van der Waals surface area contributed by atoms with E-state index in [0.29, 0.717) is 0 Å². The van der Waals surface area contributed by atoms with Crippen LogP contribution in [0.5, 0.6) is 11.6 Å². The number of benzene rings is 1. The lowest BCUT2D eigenvalue weighted by molar-refractivity contribution is -0.137. The molecule has 1 N–H and O–H groups in total. The molecule has 0 bridgehead atoms. The minimum absolute atomic E-state index is 0.0768. The number of hydrogen-bond donors (Lipinski definition) is 1. The molecular formula is C20H15F5N2O4S. The third-order valence-corrected chi connectivity index (χ3v) is 5.25. The van der Waals surface area contributed by atoms with Crippen molar-refractivity contribution >= 4 is 17.5 Å². The third-order valence-electron chi connectivity index (χ3n) is 4.31. The minimum atomic E-state index is -4.76. The van der Waals surface area contributed by atoms with Crippen LogP contribution in [0.3, 0.4) is 0 Å². The number of carbonyl (C=O) groups is 1. The summed E-state index contributed by atoms with van der Waals surface area (Å²) in [5.74, 6) is -4.09. The van der Waals surface area contributed by atoms with Gasteiger partial charge in [0.2, 0.25) is 5.88 Å². The topological polar surface area (TPSA) is 81.5 Å². The highest BCUT2D eigenvalue weighted by Crippen LogP contribution is 2.40. The maximum atomic E-state index is 14.3. The smallest absolute Gasteiger partial charge is 0.427 e. The van der Waals surface area contributed by atoms with Gasteiger partial charge in [0, 0.05) is 29.8 Å². The highest BCUT2D eigenvalue weighted by atomic mass is 32.1. The molecular weight excluding hydrogens is 459 g/mol.